The molecule has 4 aromatic carbocycles. The maximum Gasteiger partial charge on any atom is 0.258 e. The van der Waals surface area contributed by atoms with Crippen molar-refractivity contribution in [2.24, 2.45) is 0 Å². The number of rotatable bonds is 11. The predicted molar refractivity (Wildman–Crippen MR) is 193 cm³/mol. The van der Waals surface area contributed by atoms with Crippen LogP contribution in [0.1, 0.15) is 42.3 Å². The second kappa shape index (κ2) is 13.5. The zero-order chi connectivity index (χ0) is 35.7. The Labute approximate surface area is 291 Å². The summed E-state index contributed by atoms with van der Waals surface area (Å²) < 4.78 is 65.6. The van der Waals surface area contributed by atoms with Crippen LogP contribution in [0.25, 0.3) is 33.7 Å². The summed E-state index contributed by atoms with van der Waals surface area (Å²) in [5, 5.41) is 4.95. The lowest BCUT2D eigenvalue weighted by Crippen LogP contribution is -2.28. The molecule has 0 radical (unpaired) electrons. The number of methoxy groups -OCH3 is 1. The molecule has 0 atom stereocenters. The van der Waals surface area contributed by atoms with Gasteiger partial charge >= 0.3 is 0 Å². The molecule has 2 heterocycles. The fourth-order valence-electron chi connectivity index (χ4n) is 5.33. The van der Waals surface area contributed by atoms with Crippen LogP contribution in [0, 0.1) is 0 Å². The summed E-state index contributed by atoms with van der Waals surface area (Å²) in [5.74, 6) is 1.83. The molecule has 0 saturated carbocycles. The van der Waals surface area contributed by atoms with E-state index < -0.39 is 24.4 Å². The van der Waals surface area contributed by atoms with Crippen LogP contribution in [-0.4, -0.2) is 51.6 Å². The minimum Gasteiger partial charge on any atom is -0.497 e. The molecule has 0 amide bonds. The van der Waals surface area contributed by atoms with E-state index in [1.165, 1.54) is 18.4 Å². The number of ether oxygens (including phenoxy) is 2. The van der Waals surface area contributed by atoms with E-state index in [1.54, 1.807) is 63.6 Å². The number of hydrogen-bond donors (Lipinski definition) is 0. The van der Waals surface area contributed by atoms with Crippen LogP contribution in [-0.2, 0) is 31.0 Å². The summed E-state index contributed by atoms with van der Waals surface area (Å²) in [6.07, 6.45) is 5.98. The largest absolute Gasteiger partial charge is 0.497 e. The molecule has 256 valence electrons. The third kappa shape index (κ3) is 7.31. The van der Waals surface area contributed by atoms with Crippen molar-refractivity contribution >= 4 is 42.2 Å². The Balaban J connectivity index is 1.42. The zero-order valence-corrected chi connectivity index (χ0v) is 29.7. The topological polar surface area (TPSA) is 139 Å². The molecule has 0 saturated heterocycles. The molecule has 2 aromatic heterocycles. The number of sulfone groups is 2. The molecule has 12 heteroatoms. The molecule has 10 nitrogen and oxygen atoms in total. The van der Waals surface area contributed by atoms with Gasteiger partial charge in [0.2, 0.25) is 5.82 Å². The number of hydrogen-bond acceptors (Lipinski definition) is 10. The average Bonchev–Trinajstić information content (AvgIpc) is 3.57. The van der Waals surface area contributed by atoms with Gasteiger partial charge in [-0.25, -0.2) is 16.8 Å². The highest BCUT2D eigenvalue weighted by molar-refractivity contribution is 7.91. The first-order valence-corrected chi connectivity index (χ1v) is 19.3. The summed E-state index contributed by atoms with van der Waals surface area (Å²) in [5.41, 5.74) is 4.96. The molecule has 0 spiro atoms. The standard InChI is InChI=1S/C38H35N3O7S2/c1-38(2,50(5,44)45)29-22-28-10-7-19-39-36(28)33(23-29)27-9-6-8-25(20-27)21-34(26-11-17-32(18-12-26)49(4,42)43)37-40-35(41-48-37)24-47-31-15-13-30(46-3)14-16-31/h6-23H,24H2,1-5H3. The highest BCUT2D eigenvalue weighted by Crippen LogP contribution is 2.37. The van der Waals surface area contributed by atoms with Crippen molar-refractivity contribution in [1.29, 1.82) is 0 Å². The van der Waals surface area contributed by atoms with Crippen molar-refractivity contribution in [2.45, 2.75) is 30.1 Å². The van der Waals surface area contributed by atoms with E-state index in [-0.39, 0.29) is 17.4 Å². The molecule has 50 heavy (non-hydrogen) atoms. The van der Waals surface area contributed by atoms with Crippen molar-refractivity contribution in [2.75, 3.05) is 19.6 Å². The van der Waals surface area contributed by atoms with Crippen LogP contribution in [0.4, 0.5) is 0 Å². The van der Waals surface area contributed by atoms with E-state index in [0.717, 1.165) is 33.8 Å². The minimum atomic E-state index is -3.45. The van der Waals surface area contributed by atoms with Gasteiger partial charge in [-0.2, -0.15) is 4.98 Å². The van der Waals surface area contributed by atoms with Crippen molar-refractivity contribution in [3.8, 4) is 22.6 Å². The van der Waals surface area contributed by atoms with Crippen LogP contribution in [0.15, 0.2) is 113 Å². The molecular weight excluding hydrogens is 675 g/mol. The van der Waals surface area contributed by atoms with Crippen molar-refractivity contribution in [3.05, 3.63) is 132 Å². The SMILES string of the molecule is COc1ccc(OCc2noc(C(=Cc3cccc(-c4cc(C(C)(C)S(C)(=O)=O)cc5cccnc45)c3)c3ccc(S(C)(=O)=O)cc3)n2)cc1. The van der Waals surface area contributed by atoms with Gasteiger partial charge < -0.3 is 14.0 Å². The zero-order valence-electron chi connectivity index (χ0n) is 28.1. The van der Waals surface area contributed by atoms with E-state index in [1.807, 2.05) is 54.6 Å². The Bertz CT molecular complexity index is 2440. The highest BCUT2D eigenvalue weighted by atomic mass is 32.2. The van der Waals surface area contributed by atoms with Gasteiger partial charge in [0, 0.05) is 35.2 Å². The molecule has 6 aromatic rings. The third-order valence-electron chi connectivity index (χ3n) is 8.56. The number of fused-ring (bicyclic) bond motifs is 1. The number of nitrogens with zero attached hydrogens (tertiary/aromatic N) is 3. The van der Waals surface area contributed by atoms with Gasteiger partial charge in [-0.1, -0.05) is 41.6 Å². The first-order chi connectivity index (χ1) is 23.7. The van der Waals surface area contributed by atoms with E-state index >= 15 is 0 Å². The maximum atomic E-state index is 12.8. The minimum absolute atomic E-state index is 0.0475. The fourth-order valence-corrected chi connectivity index (χ4v) is 6.51. The number of aromatic nitrogens is 3. The van der Waals surface area contributed by atoms with E-state index in [0.29, 0.717) is 34.0 Å². The second-order valence-corrected chi connectivity index (χ2v) is 16.9. The molecule has 0 aliphatic carbocycles. The first-order valence-electron chi connectivity index (χ1n) is 15.5. The van der Waals surface area contributed by atoms with Gasteiger partial charge in [0.25, 0.3) is 5.89 Å². The molecule has 0 fully saturated rings. The van der Waals surface area contributed by atoms with Crippen LogP contribution in [0.5, 0.6) is 11.5 Å². The Morgan fingerprint density at radius 2 is 1.58 bits per heavy atom. The third-order valence-corrected chi connectivity index (χ3v) is 11.8. The lowest BCUT2D eigenvalue weighted by molar-refractivity contribution is 0.286. The second-order valence-electron chi connectivity index (χ2n) is 12.3. The summed E-state index contributed by atoms with van der Waals surface area (Å²) in [6.45, 7) is 3.45. The van der Waals surface area contributed by atoms with Gasteiger partial charge in [-0.15, -0.1) is 0 Å². The number of pyridine rings is 1. The summed E-state index contributed by atoms with van der Waals surface area (Å²) in [4.78, 5) is 9.43. The van der Waals surface area contributed by atoms with Crippen LogP contribution >= 0.6 is 0 Å². The Morgan fingerprint density at radius 3 is 2.26 bits per heavy atom. The quantitative estimate of drug-likeness (QED) is 0.128. The average molecular weight is 710 g/mol. The number of benzene rings is 4. The van der Waals surface area contributed by atoms with E-state index in [2.05, 4.69) is 15.1 Å². The maximum absolute atomic E-state index is 12.8. The van der Waals surface area contributed by atoms with Crippen LogP contribution < -0.4 is 9.47 Å². The Morgan fingerprint density at radius 1 is 0.860 bits per heavy atom. The molecule has 0 N–H and O–H groups in total. The molecule has 0 unspecified atom stereocenters. The van der Waals surface area contributed by atoms with E-state index in [4.69, 9.17) is 14.0 Å². The van der Waals surface area contributed by atoms with Gasteiger partial charge in [-0.3, -0.25) is 4.98 Å². The van der Waals surface area contributed by atoms with E-state index in [9.17, 15) is 16.8 Å². The smallest absolute Gasteiger partial charge is 0.258 e. The summed E-state index contributed by atoms with van der Waals surface area (Å²) in [7, 11) is -5.28. The van der Waals surface area contributed by atoms with Crippen molar-refractivity contribution in [1.82, 2.24) is 15.1 Å². The molecular formula is C38H35N3O7S2. The monoisotopic (exact) mass is 709 g/mol. The predicted octanol–water partition coefficient (Wildman–Crippen LogP) is 7.14. The molecule has 0 aliphatic heterocycles. The van der Waals surface area contributed by atoms with Crippen molar-refractivity contribution in [3.63, 3.8) is 0 Å². The van der Waals surface area contributed by atoms with Gasteiger partial charge in [0.05, 0.1) is 22.3 Å². The lowest BCUT2D eigenvalue weighted by Gasteiger charge is -2.24. The molecule has 6 rings (SSSR count). The summed E-state index contributed by atoms with van der Waals surface area (Å²) >= 11 is 0. The van der Waals surface area contributed by atoms with Gasteiger partial charge in [0.1, 0.15) is 11.5 Å². The normalized spacial score (nSPS) is 12.6. The highest BCUT2D eigenvalue weighted by Gasteiger charge is 2.33. The van der Waals surface area contributed by atoms with Crippen LogP contribution in [0.2, 0.25) is 0 Å². The van der Waals surface area contributed by atoms with Gasteiger partial charge in [-0.05, 0) is 103 Å². The van der Waals surface area contributed by atoms with Crippen LogP contribution in [0.3, 0.4) is 0 Å². The Hall–Kier alpha value is -5.33. The Kier molecular flexibility index (Phi) is 9.34. The lowest BCUT2D eigenvalue weighted by atomic mass is 9.92. The summed E-state index contributed by atoms with van der Waals surface area (Å²) in [6, 6.07) is 28.8. The molecule has 0 bridgehead atoms. The first kappa shape index (κ1) is 34.5. The molecule has 0 aliphatic rings. The fraction of sp³-hybridized carbons (Fsp3) is 0.184. The van der Waals surface area contributed by atoms with Gasteiger partial charge in [0.15, 0.2) is 26.3 Å². The van der Waals surface area contributed by atoms with Crippen molar-refractivity contribution < 1.29 is 30.8 Å².